The number of thioether (sulfide) groups is 1. The van der Waals surface area contributed by atoms with Crippen LogP contribution in [0.2, 0.25) is 0 Å². The largest absolute Gasteiger partial charge is 0.342 e. The molecule has 7 nitrogen and oxygen atoms in total. The molecular weight excluding hydrogens is 264 g/mol. The second kappa shape index (κ2) is 6.85. The van der Waals surface area contributed by atoms with Gasteiger partial charge in [0.05, 0.1) is 12.3 Å². The first-order chi connectivity index (χ1) is 9.20. The van der Waals surface area contributed by atoms with Gasteiger partial charge in [-0.1, -0.05) is 18.7 Å². The van der Waals surface area contributed by atoms with Crippen LogP contribution in [0, 0.1) is 5.92 Å². The Hall–Kier alpha value is -1.15. The van der Waals surface area contributed by atoms with Gasteiger partial charge in [-0.25, -0.2) is 4.68 Å². The Bertz CT molecular complexity index is 423. The summed E-state index contributed by atoms with van der Waals surface area (Å²) in [5.41, 5.74) is 5.48. The van der Waals surface area contributed by atoms with Crippen molar-refractivity contribution in [2.45, 2.75) is 31.5 Å². The standard InChI is InChI=1S/C11H20N6OS/c1-9-3-2-5-16(7-9)10(18)8-19-11-13-14-15-17(11)6-4-12/h9H,2-8,12H2,1H3. The maximum Gasteiger partial charge on any atom is 0.233 e. The minimum absolute atomic E-state index is 0.166. The van der Waals surface area contributed by atoms with Crippen molar-refractivity contribution in [2.24, 2.45) is 11.7 Å². The summed E-state index contributed by atoms with van der Waals surface area (Å²) in [5, 5.41) is 12.0. The van der Waals surface area contributed by atoms with Crippen LogP contribution in [0.3, 0.4) is 0 Å². The lowest BCUT2D eigenvalue weighted by atomic mass is 10.0. The third-order valence-corrected chi connectivity index (χ3v) is 4.12. The minimum atomic E-state index is 0.166. The maximum absolute atomic E-state index is 12.1. The lowest BCUT2D eigenvalue weighted by molar-refractivity contribution is -0.130. The Labute approximate surface area is 116 Å². The van der Waals surface area contributed by atoms with Crippen LogP contribution in [0.5, 0.6) is 0 Å². The molecule has 2 N–H and O–H groups in total. The van der Waals surface area contributed by atoms with E-state index in [-0.39, 0.29) is 5.91 Å². The van der Waals surface area contributed by atoms with E-state index in [1.54, 1.807) is 4.68 Å². The van der Waals surface area contributed by atoms with Crippen LogP contribution < -0.4 is 5.73 Å². The summed E-state index contributed by atoms with van der Waals surface area (Å²) in [6, 6.07) is 0. The number of nitrogens with two attached hydrogens (primary N) is 1. The Morgan fingerprint density at radius 2 is 2.42 bits per heavy atom. The number of piperidine rings is 1. The highest BCUT2D eigenvalue weighted by Gasteiger charge is 2.21. The molecule has 19 heavy (non-hydrogen) atoms. The fraction of sp³-hybridized carbons (Fsp3) is 0.818. The molecule has 0 spiro atoms. The lowest BCUT2D eigenvalue weighted by Crippen LogP contribution is -2.40. The van der Waals surface area contributed by atoms with Gasteiger partial charge < -0.3 is 10.6 Å². The number of hydrogen-bond acceptors (Lipinski definition) is 6. The van der Waals surface area contributed by atoms with E-state index in [4.69, 9.17) is 5.73 Å². The number of aromatic nitrogens is 4. The van der Waals surface area contributed by atoms with E-state index >= 15 is 0 Å². The Morgan fingerprint density at radius 3 is 3.16 bits per heavy atom. The van der Waals surface area contributed by atoms with Crippen molar-refractivity contribution in [3.63, 3.8) is 0 Å². The molecule has 0 aromatic carbocycles. The quantitative estimate of drug-likeness (QED) is 0.764. The molecule has 0 bridgehead atoms. The predicted molar refractivity (Wildman–Crippen MR) is 72.6 cm³/mol. The van der Waals surface area contributed by atoms with Gasteiger partial charge in [0, 0.05) is 19.6 Å². The van der Waals surface area contributed by atoms with Gasteiger partial charge in [-0.05, 0) is 29.2 Å². The molecule has 1 unspecified atom stereocenters. The Morgan fingerprint density at radius 1 is 1.58 bits per heavy atom. The number of carbonyl (C=O) groups is 1. The van der Waals surface area contributed by atoms with Crippen LogP contribution in [0.1, 0.15) is 19.8 Å². The highest BCUT2D eigenvalue weighted by molar-refractivity contribution is 7.99. The van der Waals surface area contributed by atoms with E-state index in [0.717, 1.165) is 19.5 Å². The number of nitrogens with zero attached hydrogens (tertiary/aromatic N) is 5. The van der Waals surface area contributed by atoms with Crippen molar-refractivity contribution in [3.8, 4) is 0 Å². The first kappa shape index (κ1) is 14.3. The zero-order chi connectivity index (χ0) is 13.7. The molecule has 1 atom stereocenters. The topological polar surface area (TPSA) is 89.9 Å². The molecule has 1 saturated heterocycles. The molecule has 0 aliphatic carbocycles. The zero-order valence-electron chi connectivity index (χ0n) is 11.2. The Balaban J connectivity index is 1.84. The monoisotopic (exact) mass is 284 g/mol. The summed E-state index contributed by atoms with van der Waals surface area (Å²) in [6.07, 6.45) is 2.31. The number of rotatable bonds is 5. The van der Waals surface area contributed by atoms with Crippen LogP contribution >= 0.6 is 11.8 Å². The predicted octanol–water partition coefficient (Wildman–Crippen LogP) is -0.0176. The number of tetrazole rings is 1. The lowest BCUT2D eigenvalue weighted by Gasteiger charge is -2.30. The van der Waals surface area contributed by atoms with E-state index in [1.807, 2.05) is 4.90 Å². The van der Waals surface area contributed by atoms with E-state index < -0.39 is 0 Å². The van der Waals surface area contributed by atoms with E-state index in [1.165, 1.54) is 18.2 Å². The first-order valence-electron chi connectivity index (χ1n) is 6.57. The molecule has 2 rings (SSSR count). The van der Waals surface area contributed by atoms with Crippen LogP contribution in [-0.2, 0) is 11.3 Å². The average molecular weight is 284 g/mol. The molecule has 1 aromatic heterocycles. The molecule has 0 radical (unpaired) electrons. The van der Waals surface area contributed by atoms with Crippen molar-refractivity contribution in [3.05, 3.63) is 0 Å². The number of carbonyl (C=O) groups excluding carboxylic acids is 1. The van der Waals surface area contributed by atoms with Gasteiger partial charge in [-0.15, -0.1) is 5.10 Å². The fourth-order valence-electron chi connectivity index (χ4n) is 2.20. The van der Waals surface area contributed by atoms with Crippen molar-refractivity contribution in [1.82, 2.24) is 25.1 Å². The van der Waals surface area contributed by atoms with Crippen LogP contribution in [0.4, 0.5) is 0 Å². The third-order valence-electron chi connectivity index (χ3n) is 3.17. The van der Waals surface area contributed by atoms with E-state index in [0.29, 0.717) is 29.9 Å². The van der Waals surface area contributed by atoms with Gasteiger partial charge in [0.15, 0.2) is 0 Å². The van der Waals surface area contributed by atoms with Crippen molar-refractivity contribution in [1.29, 1.82) is 0 Å². The number of likely N-dealkylation sites (tertiary alicyclic amines) is 1. The second-order valence-electron chi connectivity index (χ2n) is 4.85. The highest BCUT2D eigenvalue weighted by Crippen LogP contribution is 2.19. The van der Waals surface area contributed by atoms with E-state index in [2.05, 4.69) is 22.4 Å². The van der Waals surface area contributed by atoms with E-state index in [9.17, 15) is 4.79 Å². The molecule has 2 heterocycles. The molecule has 1 aliphatic rings. The summed E-state index contributed by atoms with van der Waals surface area (Å²) in [5.74, 6) is 1.15. The average Bonchev–Trinajstić information content (AvgIpc) is 2.84. The van der Waals surface area contributed by atoms with Crippen molar-refractivity contribution in [2.75, 3.05) is 25.4 Å². The maximum atomic E-state index is 12.1. The number of hydrogen-bond donors (Lipinski definition) is 1. The molecule has 0 saturated carbocycles. The van der Waals surface area contributed by atoms with Gasteiger partial charge >= 0.3 is 0 Å². The fourth-order valence-corrected chi connectivity index (χ4v) is 3.00. The second-order valence-corrected chi connectivity index (χ2v) is 5.79. The molecule has 1 aliphatic heterocycles. The van der Waals surface area contributed by atoms with Crippen molar-refractivity contribution >= 4 is 17.7 Å². The smallest absolute Gasteiger partial charge is 0.233 e. The summed E-state index contributed by atoms with van der Waals surface area (Å²) < 4.78 is 1.64. The van der Waals surface area contributed by atoms with Crippen molar-refractivity contribution < 1.29 is 4.79 Å². The summed E-state index contributed by atoms with van der Waals surface area (Å²) in [7, 11) is 0. The molecule has 1 amide bonds. The van der Waals surface area contributed by atoms with Gasteiger partial charge in [0.1, 0.15) is 0 Å². The zero-order valence-corrected chi connectivity index (χ0v) is 12.0. The SMILES string of the molecule is CC1CCCN(C(=O)CSc2nnnn2CCN)C1. The Kier molecular flexibility index (Phi) is 5.15. The summed E-state index contributed by atoms with van der Waals surface area (Å²) in [6.45, 7) is 4.99. The van der Waals surface area contributed by atoms with Crippen LogP contribution in [0.15, 0.2) is 5.16 Å². The summed E-state index contributed by atoms with van der Waals surface area (Å²) >= 11 is 1.38. The van der Waals surface area contributed by atoms with Gasteiger partial charge in [0.25, 0.3) is 0 Å². The molecule has 1 aromatic rings. The first-order valence-corrected chi connectivity index (χ1v) is 7.56. The normalized spacial score (nSPS) is 19.7. The molecule has 8 heteroatoms. The van der Waals surface area contributed by atoms with Gasteiger partial charge in [-0.2, -0.15) is 0 Å². The van der Waals surface area contributed by atoms with Crippen LogP contribution in [0.25, 0.3) is 0 Å². The number of amides is 1. The molecule has 106 valence electrons. The minimum Gasteiger partial charge on any atom is -0.342 e. The third kappa shape index (κ3) is 3.90. The van der Waals surface area contributed by atoms with Crippen LogP contribution in [-0.4, -0.2) is 56.4 Å². The molecular formula is C11H20N6OS. The van der Waals surface area contributed by atoms with Gasteiger partial charge in [-0.3, -0.25) is 4.79 Å². The molecule has 1 fully saturated rings. The highest BCUT2D eigenvalue weighted by atomic mass is 32.2. The van der Waals surface area contributed by atoms with Gasteiger partial charge in [0.2, 0.25) is 11.1 Å². The summed E-state index contributed by atoms with van der Waals surface area (Å²) in [4.78, 5) is 14.1.